The summed E-state index contributed by atoms with van der Waals surface area (Å²) in [5.41, 5.74) is -2.05. The fraction of sp³-hybridized carbons (Fsp3) is 0.571. The van der Waals surface area contributed by atoms with Crippen molar-refractivity contribution in [2.75, 3.05) is 0 Å². The molecule has 0 heterocycles. The first-order valence-corrected chi connectivity index (χ1v) is 3.38. The predicted octanol–water partition coefficient (Wildman–Crippen LogP) is -0.564. The van der Waals surface area contributed by atoms with Gasteiger partial charge in [0.05, 0.1) is 18.1 Å². The minimum atomic E-state index is -2.05. The van der Waals surface area contributed by atoms with Crippen molar-refractivity contribution in [1.82, 2.24) is 0 Å². The van der Waals surface area contributed by atoms with Crippen molar-refractivity contribution in [2.24, 2.45) is 5.92 Å². The van der Waals surface area contributed by atoms with E-state index in [1.165, 1.54) is 6.07 Å². The third-order valence-corrected chi connectivity index (χ3v) is 1.51. The lowest BCUT2D eigenvalue weighted by molar-refractivity contribution is -0.152. The van der Waals surface area contributed by atoms with Crippen molar-refractivity contribution in [3.63, 3.8) is 0 Å². The number of carbonyl (C=O) groups is 2. The molecular formula is C7H9NO5. The molecule has 0 rings (SSSR count). The van der Waals surface area contributed by atoms with Crippen molar-refractivity contribution in [3.05, 3.63) is 0 Å². The Balaban J connectivity index is 4.69. The molecule has 0 aliphatic heterocycles. The average molecular weight is 187 g/mol. The van der Waals surface area contributed by atoms with Gasteiger partial charge < -0.3 is 15.3 Å². The largest absolute Gasteiger partial charge is 0.481 e. The van der Waals surface area contributed by atoms with Crippen LogP contribution in [-0.2, 0) is 9.59 Å². The Morgan fingerprint density at radius 1 is 1.54 bits per heavy atom. The molecule has 0 aliphatic rings. The molecule has 2 atom stereocenters. The fourth-order valence-corrected chi connectivity index (χ4v) is 0.869. The molecule has 3 N–H and O–H groups in total. The molecule has 6 nitrogen and oxygen atoms in total. The molecule has 0 spiro atoms. The first-order chi connectivity index (χ1) is 5.81. The van der Waals surface area contributed by atoms with Gasteiger partial charge in [0, 0.05) is 0 Å². The molecule has 0 amide bonds. The highest BCUT2D eigenvalue weighted by atomic mass is 16.4. The number of carboxylic acids is 2. The van der Waals surface area contributed by atoms with E-state index in [9.17, 15) is 14.7 Å². The Kier molecular flexibility index (Phi) is 3.39. The maximum absolute atomic E-state index is 10.4. The number of nitrogens with zero attached hydrogens (tertiary/aromatic N) is 1. The van der Waals surface area contributed by atoms with E-state index in [0.29, 0.717) is 0 Å². The first-order valence-electron chi connectivity index (χ1n) is 3.38. The van der Waals surface area contributed by atoms with Crippen LogP contribution in [0.2, 0.25) is 0 Å². The van der Waals surface area contributed by atoms with E-state index in [0.717, 1.165) is 6.92 Å². The lowest BCUT2D eigenvalue weighted by Crippen LogP contribution is -2.40. The van der Waals surface area contributed by atoms with Gasteiger partial charge in [0.15, 0.2) is 5.92 Å². The van der Waals surface area contributed by atoms with Crippen molar-refractivity contribution in [2.45, 2.75) is 18.9 Å². The van der Waals surface area contributed by atoms with Gasteiger partial charge in [-0.05, 0) is 6.92 Å². The van der Waals surface area contributed by atoms with Gasteiger partial charge in [-0.25, -0.2) is 0 Å². The van der Waals surface area contributed by atoms with Crippen molar-refractivity contribution in [3.8, 4) is 6.07 Å². The number of rotatable bonds is 4. The number of hydrogen-bond donors (Lipinski definition) is 3. The SMILES string of the molecule is CC(O)(CC(=O)O)C(C#N)C(=O)O. The molecule has 2 unspecified atom stereocenters. The quantitative estimate of drug-likeness (QED) is 0.542. The molecule has 72 valence electrons. The Hall–Kier alpha value is -1.61. The molecule has 0 bridgehead atoms. The highest BCUT2D eigenvalue weighted by Gasteiger charge is 2.39. The van der Waals surface area contributed by atoms with Crippen LogP contribution in [0.5, 0.6) is 0 Å². The number of nitriles is 1. The summed E-state index contributed by atoms with van der Waals surface area (Å²) in [6.45, 7) is 1.00. The zero-order valence-electron chi connectivity index (χ0n) is 6.89. The number of aliphatic carboxylic acids is 2. The van der Waals surface area contributed by atoms with Crippen LogP contribution < -0.4 is 0 Å². The van der Waals surface area contributed by atoms with Crippen molar-refractivity contribution in [1.29, 1.82) is 5.26 Å². The molecule has 0 aromatic carbocycles. The fourth-order valence-electron chi connectivity index (χ4n) is 0.869. The second-order valence-electron chi connectivity index (χ2n) is 2.83. The summed E-state index contributed by atoms with van der Waals surface area (Å²) in [7, 11) is 0. The number of hydrogen-bond acceptors (Lipinski definition) is 4. The Morgan fingerprint density at radius 2 is 2.00 bits per heavy atom. The van der Waals surface area contributed by atoms with E-state index in [-0.39, 0.29) is 0 Å². The maximum atomic E-state index is 10.4. The van der Waals surface area contributed by atoms with Gasteiger partial charge >= 0.3 is 11.9 Å². The van der Waals surface area contributed by atoms with Gasteiger partial charge in [0.2, 0.25) is 0 Å². The van der Waals surface area contributed by atoms with Crippen LogP contribution >= 0.6 is 0 Å². The lowest BCUT2D eigenvalue weighted by Gasteiger charge is -2.22. The third kappa shape index (κ3) is 3.09. The maximum Gasteiger partial charge on any atom is 0.323 e. The molecule has 13 heavy (non-hydrogen) atoms. The summed E-state index contributed by atoms with van der Waals surface area (Å²) >= 11 is 0. The monoisotopic (exact) mass is 187 g/mol. The minimum Gasteiger partial charge on any atom is -0.481 e. The minimum absolute atomic E-state index is 0.780. The molecule has 0 radical (unpaired) electrons. The smallest absolute Gasteiger partial charge is 0.323 e. The van der Waals surface area contributed by atoms with E-state index in [2.05, 4.69) is 0 Å². The predicted molar refractivity (Wildman–Crippen MR) is 39.6 cm³/mol. The summed E-state index contributed by atoms with van der Waals surface area (Å²) in [4.78, 5) is 20.6. The lowest BCUT2D eigenvalue weighted by atomic mass is 9.87. The van der Waals surface area contributed by atoms with Crippen molar-refractivity contribution >= 4 is 11.9 Å². The summed E-state index contributed by atoms with van der Waals surface area (Å²) < 4.78 is 0. The van der Waals surface area contributed by atoms with Gasteiger partial charge in [-0.15, -0.1) is 0 Å². The van der Waals surface area contributed by atoms with Crippen molar-refractivity contribution < 1.29 is 24.9 Å². The van der Waals surface area contributed by atoms with E-state index in [4.69, 9.17) is 15.5 Å². The standard InChI is InChI=1S/C7H9NO5/c1-7(13,2-5(9)10)4(3-8)6(11)12/h4,13H,2H2,1H3,(H,9,10)(H,11,12). The second-order valence-corrected chi connectivity index (χ2v) is 2.83. The third-order valence-electron chi connectivity index (χ3n) is 1.51. The first kappa shape index (κ1) is 11.4. The molecule has 0 aliphatic carbocycles. The molecular weight excluding hydrogens is 178 g/mol. The zero-order chi connectivity index (χ0) is 10.6. The van der Waals surface area contributed by atoms with Crippen LogP contribution in [-0.4, -0.2) is 32.9 Å². The van der Waals surface area contributed by atoms with E-state index >= 15 is 0 Å². The zero-order valence-corrected chi connectivity index (χ0v) is 6.89. The summed E-state index contributed by atoms with van der Waals surface area (Å²) in [6, 6.07) is 1.33. The topological polar surface area (TPSA) is 119 Å². The highest BCUT2D eigenvalue weighted by Crippen LogP contribution is 2.20. The van der Waals surface area contributed by atoms with Crippen LogP contribution in [0.25, 0.3) is 0 Å². The normalized spacial score (nSPS) is 16.7. The van der Waals surface area contributed by atoms with E-state index in [1.807, 2.05) is 0 Å². The summed E-state index contributed by atoms with van der Waals surface area (Å²) in [5.74, 6) is -4.62. The van der Waals surface area contributed by atoms with Gasteiger partial charge in [-0.1, -0.05) is 0 Å². The van der Waals surface area contributed by atoms with Crippen LogP contribution in [0, 0.1) is 17.2 Å². The van der Waals surface area contributed by atoms with Gasteiger partial charge in [-0.3, -0.25) is 9.59 Å². The van der Waals surface area contributed by atoms with Gasteiger partial charge in [0.25, 0.3) is 0 Å². The molecule has 0 saturated heterocycles. The van der Waals surface area contributed by atoms with Gasteiger partial charge in [0.1, 0.15) is 0 Å². The molecule has 0 aromatic rings. The van der Waals surface area contributed by atoms with Gasteiger partial charge in [-0.2, -0.15) is 5.26 Å². The Morgan fingerprint density at radius 3 is 2.23 bits per heavy atom. The molecule has 0 aromatic heterocycles. The highest BCUT2D eigenvalue weighted by molar-refractivity contribution is 5.77. The Labute approximate surface area is 74.0 Å². The van der Waals surface area contributed by atoms with Crippen LogP contribution in [0.1, 0.15) is 13.3 Å². The molecule has 0 saturated carbocycles. The van der Waals surface area contributed by atoms with Crippen LogP contribution in [0.4, 0.5) is 0 Å². The second kappa shape index (κ2) is 3.87. The number of carboxylic acid groups (broad SMARTS) is 2. The summed E-state index contributed by atoms with van der Waals surface area (Å²) in [6.07, 6.45) is -0.780. The van der Waals surface area contributed by atoms with Crippen LogP contribution in [0.3, 0.4) is 0 Å². The summed E-state index contributed by atoms with van der Waals surface area (Å²) in [5, 5.41) is 34.5. The van der Waals surface area contributed by atoms with E-state index in [1.54, 1.807) is 0 Å². The number of aliphatic hydroxyl groups is 1. The molecule has 6 heteroatoms. The average Bonchev–Trinajstić information content (AvgIpc) is 1.82. The molecule has 0 fully saturated rings. The van der Waals surface area contributed by atoms with Crippen LogP contribution in [0.15, 0.2) is 0 Å². The van der Waals surface area contributed by atoms with E-state index < -0.39 is 29.9 Å². The Bertz CT molecular complexity index is 265.